The summed E-state index contributed by atoms with van der Waals surface area (Å²) in [5, 5.41) is 20.4. The van der Waals surface area contributed by atoms with Crippen molar-refractivity contribution in [3.8, 4) is 12.1 Å². The van der Waals surface area contributed by atoms with Crippen LogP contribution in [0.15, 0.2) is 51.2 Å². The Kier molecular flexibility index (Phi) is 8.92. The van der Waals surface area contributed by atoms with Crippen molar-refractivity contribution in [3.63, 3.8) is 0 Å². The normalized spacial score (nSPS) is 9.79. The van der Waals surface area contributed by atoms with Gasteiger partial charge in [0.05, 0.1) is 25.8 Å². The van der Waals surface area contributed by atoms with Gasteiger partial charge in [-0.05, 0) is 43.3 Å². The summed E-state index contributed by atoms with van der Waals surface area (Å²) >= 11 is 28.4. The summed E-state index contributed by atoms with van der Waals surface area (Å²) in [6.07, 6.45) is 0. The minimum Gasteiger partial charge on any atom is -0.237 e. The van der Waals surface area contributed by atoms with E-state index in [9.17, 15) is 0 Å². The van der Waals surface area contributed by atoms with Gasteiger partial charge in [-0.3, -0.25) is 0 Å². The van der Waals surface area contributed by atoms with Gasteiger partial charge >= 0.3 is 0 Å². The maximum atomic E-state index is 8.96. The molecule has 0 amide bonds. The van der Waals surface area contributed by atoms with Gasteiger partial charge in [0.15, 0.2) is 11.4 Å². The molecule has 0 fully saturated rings. The quantitative estimate of drug-likeness (QED) is 0.375. The monoisotopic (exact) mass is 498 g/mol. The first-order chi connectivity index (χ1) is 13.7. The number of aromatic nitrogens is 2. The molecule has 0 bridgehead atoms. The van der Waals surface area contributed by atoms with E-state index in [4.69, 9.17) is 56.9 Å². The van der Waals surface area contributed by atoms with E-state index in [1.54, 1.807) is 43.3 Å². The van der Waals surface area contributed by atoms with Gasteiger partial charge in [-0.15, -0.1) is 12.6 Å². The SMILES string of the molecule is Cc1nc(C#N)c(C#N)nc1Sc1ccc(Cl)c(Cl)c1.Sc1ccc(Cl)c(Cl)c1. The molecule has 3 rings (SSSR count). The molecule has 1 aromatic heterocycles. The molecule has 0 N–H and O–H groups in total. The smallest absolute Gasteiger partial charge is 0.178 e. The Hall–Kier alpha value is -1.64. The molecule has 0 saturated carbocycles. The Labute approximate surface area is 197 Å². The Morgan fingerprint density at radius 1 is 0.828 bits per heavy atom. The molecule has 0 aliphatic heterocycles. The van der Waals surface area contributed by atoms with Crippen LogP contribution in [0, 0.1) is 29.6 Å². The van der Waals surface area contributed by atoms with Crippen molar-refractivity contribution in [1.82, 2.24) is 9.97 Å². The average Bonchev–Trinajstić information content (AvgIpc) is 2.69. The van der Waals surface area contributed by atoms with Gasteiger partial charge in [-0.2, -0.15) is 10.5 Å². The largest absolute Gasteiger partial charge is 0.237 e. The zero-order valence-electron chi connectivity index (χ0n) is 14.6. The van der Waals surface area contributed by atoms with Gasteiger partial charge in [0, 0.05) is 9.79 Å². The molecule has 0 saturated heterocycles. The van der Waals surface area contributed by atoms with Crippen LogP contribution in [0.2, 0.25) is 20.1 Å². The lowest BCUT2D eigenvalue weighted by Gasteiger charge is -2.06. The van der Waals surface area contributed by atoms with Crippen molar-refractivity contribution >= 4 is 70.8 Å². The van der Waals surface area contributed by atoms with Crippen molar-refractivity contribution in [3.05, 3.63) is 73.6 Å². The van der Waals surface area contributed by atoms with Crippen molar-refractivity contribution in [2.24, 2.45) is 0 Å². The van der Waals surface area contributed by atoms with Crippen molar-refractivity contribution < 1.29 is 0 Å². The molecule has 0 aliphatic rings. The highest BCUT2D eigenvalue weighted by atomic mass is 35.5. The highest BCUT2D eigenvalue weighted by Crippen LogP contribution is 2.33. The second kappa shape index (κ2) is 10.9. The van der Waals surface area contributed by atoms with Crippen molar-refractivity contribution in [2.75, 3.05) is 0 Å². The molecule has 1 heterocycles. The minimum absolute atomic E-state index is 0.0145. The summed E-state index contributed by atoms with van der Waals surface area (Å²) in [6.45, 7) is 1.73. The number of hydrogen-bond donors (Lipinski definition) is 1. The molecule has 2 aromatic carbocycles. The zero-order valence-corrected chi connectivity index (χ0v) is 19.4. The molecule has 0 atom stereocenters. The van der Waals surface area contributed by atoms with Crippen LogP contribution in [-0.2, 0) is 0 Å². The number of aryl methyl sites for hydroxylation is 1. The van der Waals surface area contributed by atoms with E-state index in [0.29, 0.717) is 30.8 Å². The Balaban J connectivity index is 0.000000278. The van der Waals surface area contributed by atoms with E-state index in [2.05, 4.69) is 22.6 Å². The lowest BCUT2D eigenvalue weighted by molar-refractivity contribution is 0.954. The van der Waals surface area contributed by atoms with Crippen LogP contribution in [0.4, 0.5) is 0 Å². The van der Waals surface area contributed by atoms with Crippen LogP contribution in [-0.4, -0.2) is 9.97 Å². The number of nitrogens with zero attached hydrogens (tertiary/aromatic N) is 4. The molecule has 146 valence electrons. The fourth-order valence-corrected chi connectivity index (χ4v) is 3.70. The van der Waals surface area contributed by atoms with Gasteiger partial charge in [0.1, 0.15) is 17.2 Å². The van der Waals surface area contributed by atoms with Gasteiger partial charge in [0.2, 0.25) is 0 Å². The average molecular weight is 500 g/mol. The molecule has 29 heavy (non-hydrogen) atoms. The summed E-state index contributed by atoms with van der Waals surface area (Å²) < 4.78 is 0. The number of rotatable bonds is 2. The van der Waals surface area contributed by atoms with E-state index in [1.807, 2.05) is 12.1 Å². The van der Waals surface area contributed by atoms with Crippen LogP contribution < -0.4 is 0 Å². The van der Waals surface area contributed by atoms with Crippen LogP contribution >= 0.6 is 70.8 Å². The predicted molar refractivity (Wildman–Crippen MR) is 120 cm³/mol. The number of halogens is 4. The molecule has 3 aromatic rings. The van der Waals surface area contributed by atoms with E-state index in [-0.39, 0.29) is 11.4 Å². The number of benzene rings is 2. The van der Waals surface area contributed by atoms with Crippen LogP contribution in [0.1, 0.15) is 17.1 Å². The van der Waals surface area contributed by atoms with E-state index in [1.165, 1.54) is 11.8 Å². The molecule has 0 radical (unpaired) electrons. The summed E-state index contributed by atoms with van der Waals surface area (Å²) in [5.74, 6) is 0. The number of hydrogen-bond acceptors (Lipinski definition) is 6. The third kappa shape index (κ3) is 6.69. The van der Waals surface area contributed by atoms with E-state index < -0.39 is 0 Å². The summed E-state index contributed by atoms with van der Waals surface area (Å²) in [6, 6.07) is 14.1. The second-order valence-corrected chi connectivity index (χ2v) is 8.52. The maximum Gasteiger partial charge on any atom is 0.178 e. The third-order valence-corrected chi connectivity index (χ3v) is 6.07. The minimum atomic E-state index is 0.0145. The number of nitriles is 2. The zero-order chi connectivity index (χ0) is 21.6. The first-order valence-electron chi connectivity index (χ1n) is 7.71. The Morgan fingerprint density at radius 2 is 1.38 bits per heavy atom. The lowest BCUT2D eigenvalue weighted by Crippen LogP contribution is -1.99. The molecule has 0 spiro atoms. The Bertz CT molecular complexity index is 1140. The predicted octanol–water partition coefficient (Wildman–Crippen LogP) is 7.27. The summed E-state index contributed by atoms with van der Waals surface area (Å²) in [4.78, 5) is 9.87. The standard InChI is InChI=1S/C13H6Cl2N4S.C6H4Cl2S/c1-7-13(19-12(6-17)11(5-16)18-7)20-8-2-3-9(14)10(15)4-8;7-5-2-1-4(9)3-6(5)8/h2-4H,1H3;1-3,9H. The van der Waals surface area contributed by atoms with Crippen LogP contribution in [0.3, 0.4) is 0 Å². The number of thiol groups is 1. The van der Waals surface area contributed by atoms with Crippen LogP contribution in [0.5, 0.6) is 0 Å². The van der Waals surface area contributed by atoms with Gasteiger partial charge in [-0.25, -0.2) is 9.97 Å². The molecule has 0 unspecified atom stereocenters. The van der Waals surface area contributed by atoms with Gasteiger partial charge in [0.25, 0.3) is 0 Å². The molecule has 0 aliphatic carbocycles. The van der Waals surface area contributed by atoms with E-state index in [0.717, 1.165) is 9.79 Å². The van der Waals surface area contributed by atoms with E-state index >= 15 is 0 Å². The van der Waals surface area contributed by atoms with Gasteiger partial charge < -0.3 is 0 Å². The fraction of sp³-hybridized carbons (Fsp3) is 0.0526. The molecule has 10 heteroatoms. The van der Waals surface area contributed by atoms with Crippen molar-refractivity contribution in [2.45, 2.75) is 21.7 Å². The maximum absolute atomic E-state index is 8.96. The highest BCUT2D eigenvalue weighted by Gasteiger charge is 2.12. The molecule has 4 nitrogen and oxygen atoms in total. The molecular formula is C19H10Cl4N4S2. The first-order valence-corrected chi connectivity index (χ1v) is 10.5. The van der Waals surface area contributed by atoms with Gasteiger partial charge in [-0.1, -0.05) is 58.2 Å². The second-order valence-electron chi connectivity index (χ2n) is 5.31. The first kappa shape index (κ1) is 23.6. The fourth-order valence-electron chi connectivity index (χ4n) is 1.89. The van der Waals surface area contributed by atoms with Crippen LogP contribution in [0.25, 0.3) is 0 Å². The lowest BCUT2D eigenvalue weighted by atomic mass is 10.3. The summed E-state index contributed by atoms with van der Waals surface area (Å²) in [5.41, 5.74) is 0.626. The Morgan fingerprint density at radius 3 is 1.90 bits per heavy atom. The summed E-state index contributed by atoms with van der Waals surface area (Å²) in [7, 11) is 0. The topological polar surface area (TPSA) is 73.4 Å². The molecular weight excluding hydrogens is 490 g/mol. The van der Waals surface area contributed by atoms with Crippen molar-refractivity contribution in [1.29, 1.82) is 10.5 Å². The highest BCUT2D eigenvalue weighted by molar-refractivity contribution is 7.99. The third-order valence-electron chi connectivity index (χ3n) is 3.25.